The SMILES string of the molecule is O=C1C(Cl)=C(N2CCN(Cc3ccccc3)CC2)C(=O)N1c1ccc([N+](=O)[O-])cc1. The smallest absolute Gasteiger partial charge is 0.283 e. The van der Waals surface area contributed by atoms with Crippen molar-refractivity contribution < 1.29 is 14.5 Å². The summed E-state index contributed by atoms with van der Waals surface area (Å²) in [5, 5.41) is 10.7. The summed E-state index contributed by atoms with van der Waals surface area (Å²) >= 11 is 6.25. The van der Waals surface area contributed by atoms with E-state index in [-0.39, 0.29) is 22.1 Å². The lowest BCUT2D eigenvalue weighted by molar-refractivity contribution is -0.384. The van der Waals surface area contributed by atoms with Crippen LogP contribution >= 0.6 is 11.6 Å². The molecule has 8 nitrogen and oxygen atoms in total. The summed E-state index contributed by atoms with van der Waals surface area (Å²) < 4.78 is 0. The minimum atomic E-state index is -0.614. The fourth-order valence-electron chi connectivity index (χ4n) is 3.69. The third-order valence-corrected chi connectivity index (χ3v) is 5.60. The maximum Gasteiger partial charge on any atom is 0.283 e. The van der Waals surface area contributed by atoms with Gasteiger partial charge in [-0.05, 0) is 17.7 Å². The first kappa shape index (κ1) is 20.1. The molecule has 2 amide bonds. The van der Waals surface area contributed by atoms with Gasteiger partial charge in [0, 0.05) is 44.9 Å². The molecule has 0 aromatic heterocycles. The summed E-state index contributed by atoms with van der Waals surface area (Å²) in [4.78, 5) is 41.0. The van der Waals surface area contributed by atoms with Crippen molar-refractivity contribution in [2.24, 2.45) is 0 Å². The van der Waals surface area contributed by atoms with E-state index in [2.05, 4.69) is 17.0 Å². The van der Waals surface area contributed by atoms with Crippen molar-refractivity contribution in [1.82, 2.24) is 9.80 Å². The molecule has 0 saturated carbocycles. The lowest BCUT2D eigenvalue weighted by atomic mass is 10.2. The Morgan fingerprint density at radius 1 is 0.900 bits per heavy atom. The van der Waals surface area contributed by atoms with E-state index in [4.69, 9.17) is 11.6 Å². The second-order valence-electron chi connectivity index (χ2n) is 7.13. The molecule has 0 radical (unpaired) electrons. The first-order valence-corrected chi connectivity index (χ1v) is 9.88. The molecule has 2 heterocycles. The molecule has 0 spiro atoms. The van der Waals surface area contributed by atoms with Gasteiger partial charge in [0.2, 0.25) is 0 Å². The molecule has 0 atom stereocenters. The molecule has 1 saturated heterocycles. The Morgan fingerprint density at radius 2 is 1.53 bits per heavy atom. The number of imide groups is 1. The molecule has 2 aromatic carbocycles. The standard InChI is InChI=1S/C21H19ClN4O4/c22-18-19(24-12-10-23(11-13-24)14-15-4-2-1-3-5-15)21(28)25(20(18)27)16-6-8-17(9-7-16)26(29)30/h1-9H,10-14H2. The van der Waals surface area contributed by atoms with E-state index in [1.54, 1.807) is 0 Å². The predicted octanol–water partition coefficient (Wildman–Crippen LogP) is 2.74. The minimum absolute atomic E-state index is 0.116. The molecular weight excluding hydrogens is 408 g/mol. The lowest BCUT2D eigenvalue weighted by Gasteiger charge is -2.36. The molecule has 0 bridgehead atoms. The van der Waals surface area contributed by atoms with E-state index in [1.165, 1.54) is 29.8 Å². The summed E-state index contributed by atoms with van der Waals surface area (Å²) in [6, 6.07) is 15.4. The largest absolute Gasteiger partial charge is 0.363 e. The number of benzene rings is 2. The molecule has 4 rings (SSSR count). The van der Waals surface area contributed by atoms with Gasteiger partial charge >= 0.3 is 0 Å². The van der Waals surface area contributed by atoms with Crippen LogP contribution in [0.25, 0.3) is 0 Å². The predicted molar refractivity (Wildman–Crippen MR) is 112 cm³/mol. The first-order valence-electron chi connectivity index (χ1n) is 9.50. The number of hydrogen-bond donors (Lipinski definition) is 0. The number of nitro benzene ring substituents is 1. The topological polar surface area (TPSA) is 87.0 Å². The highest BCUT2D eigenvalue weighted by atomic mass is 35.5. The van der Waals surface area contributed by atoms with E-state index in [9.17, 15) is 19.7 Å². The molecule has 2 aliphatic heterocycles. The van der Waals surface area contributed by atoms with E-state index >= 15 is 0 Å². The Labute approximate surface area is 178 Å². The van der Waals surface area contributed by atoms with Crippen LogP contribution in [0.5, 0.6) is 0 Å². The highest BCUT2D eigenvalue weighted by molar-refractivity contribution is 6.52. The highest BCUT2D eigenvalue weighted by Gasteiger charge is 2.42. The third kappa shape index (κ3) is 3.79. The first-order chi connectivity index (χ1) is 14.5. The zero-order valence-electron chi connectivity index (χ0n) is 16.0. The van der Waals surface area contributed by atoms with Crippen molar-refractivity contribution in [2.45, 2.75) is 6.54 Å². The molecule has 0 unspecified atom stereocenters. The van der Waals surface area contributed by atoms with Gasteiger partial charge in [0.15, 0.2) is 0 Å². The zero-order valence-corrected chi connectivity index (χ0v) is 16.8. The molecule has 30 heavy (non-hydrogen) atoms. The molecule has 2 aliphatic rings. The Morgan fingerprint density at radius 3 is 2.13 bits per heavy atom. The fourth-order valence-corrected chi connectivity index (χ4v) is 3.98. The van der Waals surface area contributed by atoms with Crippen molar-refractivity contribution >= 4 is 34.8 Å². The molecule has 2 aromatic rings. The van der Waals surface area contributed by atoms with Crippen molar-refractivity contribution in [1.29, 1.82) is 0 Å². The minimum Gasteiger partial charge on any atom is -0.363 e. The number of piperazine rings is 1. The number of carbonyl (C=O) groups excluding carboxylic acids is 2. The fraction of sp³-hybridized carbons (Fsp3) is 0.238. The van der Waals surface area contributed by atoms with Crippen LogP contribution in [0.2, 0.25) is 0 Å². The monoisotopic (exact) mass is 426 g/mol. The lowest BCUT2D eigenvalue weighted by Crippen LogP contribution is -2.47. The van der Waals surface area contributed by atoms with Crippen LogP contribution in [0.1, 0.15) is 5.56 Å². The van der Waals surface area contributed by atoms with E-state index in [0.717, 1.165) is 24.5 Å². The van der Waals surface area contributed by atoms with Crippen LogP contribution in [0, 0.1) is 10.1 Å². The average Bonchev–Trinajstić information content (AvgIpc) is 2.98. The van der Waals surface area contributed by atoms with E-state index in [1.807, 2.05) is 23.1 Å². The van der Waals surface area contributed by atoms with Gasteiger partial charge in [0.1, 0.15) is 10.7 Å². The molecule has 0 aliphatic carbocycles. The molecule has 9 heteroatoms. The molecular formula is C21H19ClN4O4. The van der Waals surface area contributed by atoms with Crippen LogP contribution < -0.4 is 4.90 Å². The van der Waals surface area contributed by atoms with Crippen LogP contribution in [0.15, 0.2) is 65.3 Å². The summed E-state index contributed by atoms with van der Waals surface area (Å²) in [6.07, 6.45) is 0. The van der Waals surface area contributed by atoms with Crippen LogP contribution in [0.3, 0.4) is 0 Å². The number of rotatable bonds is 5. The Balaban J connectivity index is 1.45. The average molecular weight is 427 g/mol. The summed E-state index contributed by atoms with van der Waals surface area (Å²) in [5.41, 5.74) is 1.55. The highest BCUT2D eigenvalue weighted by Crippen LogP contribution is 2.32. The van der Waals surface area contributed by atoms with Crippen molar-refractivity contribution in [3.05, 3.63) is 81.0 Å². The van der Waals surface area contributed by atoms with Gasteiger partial charge in [-0.2, -0.15) is 0 Å². The quantitative estimate of drug-likeness (QED) is 0.415. The molecule has 154 valence electrons. The van der Waals surface area contributed by atoms with Crippen LogP contribution in [0.4, 0.5) is 11.4 Å². The van der Waals surface area contributed by atoms with Gasteiger partial charge in [-0.3, -0.25) is 24.6 Å². The van der Waals surface area contributed by atoms with Gasteiger partial charge in [-0.15, -0.1) is 0 Å². The number of amides is 2. The second kappa shape index (κ2) is 8.25. The van der Waals surface area contributed by atoms with Crippen LogP contribution in [-0.2, 0) is 16.1 Å². The van der Waals surface area contributed by atoms with Gasteiger partial charge in [-0.25, -0.2) is 4.90 Å². The van der Waals surface area contributed by atoms with Crippen molar-refractivity contribution in [2.75, 3.05) is 31.1 Å². The summed E-state index contributed by atoms with van der Waals surface area (Å²) in [5.74, 6) is -1.12. The Hall–Kier alpha value is -3.23. The number of carbonyl (C=O) groups is 2. The van der Waals surface area contributed by atoms with Crippen molar-refractivity contribution in [3.8, 4) is 0 Å². The van der Waals surface area contributed by atoms with Crippen LogP contribution in [-0.4, -0.2) is 52.7 Å². The Kier molecular flexibility index (Phi) is 5.52. The van der Waals surface area contributed by atoms with Gasteiger partial charge in [-0.1, -0.05) is 41.9 Å². The Bertz CT molecular complexity index is 1020. The van der Waals surface area contributed by atoms with Gasteiger partial charge in [0.05, 0.1) is 10.6 Å². The van der Waals surface area contributed by atoms with Crippen molar-refractivity contribution in [3.63, 3.8) is 0 Å². The molecule has 0 N–H and O–H groups in total. The maximum absolute atomic E-state index is 13.0. The maximum atomic E-state index is 13.0. The normalized spacial score (nSPS) is 17.8. The molecule has 1 fully saturated rings. The van der Waals surface area contributed by atoms with Gasteiger partial charge < -0.3 is 4.90 Å². The van der Waals surface area contributed by atoms with Gasteiger partial charge in [0.25, 0.3) is 17.5 Å². The summed E-state index contributed by atoms with van der Waals surface area (Å²) in [7, 11) is 0. The third-order valence-electron chi connectivity index (χ3n) is 5.26. The number of nitrogens with zero attached hydrogens (tertiary/aromatic N) is 4. The summed E-state index contributed by atoms with van der Waals surface area (Å²) in [6.45, 7) is 3.45. The number of nitro groups is 1. The number of non-ortho nitro benzene ring substituents is 1. The van der Waals surface area contributed by atoms with E-state index < -0.39 is 16.7 Å². The van der Waals surface area contributed by atoms with E-state index in [0.29, 0.717) is 13.1 Å². The zero-order chi connectivity index (χ0) is 21.3. The number of halogens is 1. The number of hydrogen-bond acceptors (Lipinski definition) is 6. The second-order valence-corrected chi connectivity index (χ2v) is 7.51. The number of anilines is 1.